The number of aliphatic hydroxyl groups is 1. The molecule has 2 aromatic rings. The van der Waals surface area contributed by atoms with Crippen molar-refractivity contribution in [3.63, 3.8) is 0 Å². The van der Waals surface area contributed by atoms with Crippen LogP contribution in [-0.2, 0) is 29.2 Å². The van der Waals surface area contributed by atoms with E-state index in [-0.39, 0.29) is 54.5 Å². The Hall–Kier alpha value is -2.99. The van der Waals surface area contributed by atoms with Gasteiger partial charge in [-0.05, 0) is 85.9 Å². The Balaban J connectivity index is 1.61. The molecule has 12 heteroatoms. The first-order valence-electron chi connectivity index (χ1n) is 14.5. The molecule has 3 aliphatic rings. The molecule has 1 amide bonds. The van der Waals surface area contributed by atoms with Crippen molar-refractivity contribution in [1.82, 2.24) is 0 Å². The van der Waals surface area contributed by atoms with Crippen LogP contribution in [0.2, 0.25) is 5.02 Å². The normalized spacial score (nSPS) is 24.5. The van der Waals surface area contributed by atoms with Crippen LogP contribution in [0.4, 0.5) is 23.2 Å². The Bertz CT molecular complexity index is 1450. The Morgan fingerprint density at radius 2 is 1.82 bits per heavy atom. The predicted molar refractivity (Wildman–Crippen MR) is 154 cm³/mol. The first-order chi connectivity index (χ1) is 20.9. The predicted octanol–water partition coefficient (Wildman–Crippen LogP) is 6.65. The molecule has 1 spiro atoms. The van der Waals surface area contributed by atoms with Gasteiger partial charge in [0.05, 0.1) is 20.3 Å². The molecular weight excluding hydrogens is 606 g/mol. The zero-order valence-electron chi connectivity index (χ0n) is 24.4. The van der Waals surface area contributed by atoms with Gasteiger partial charge in [0.2, 0.25) is 0 Å². The van der Waals surface area contributed by atoms with Gasteiger partial charge in [-0.15, -0.1) is 0 Å². The average Bonchev–Trinajstić information content (AvgIpc) is 3.28. The number of fused-ring (bicyclic) bond motifs is 2. The molecule has 0 bridgehead atoms. The standard InChI is InChI=1S/C32H34ClF4NO6/c1-19(18-39)13-21-14-20-15-26(34)24(27-43-11-4-12-44-27)17-25(20)30(21)7-9-31(10-8-30,29(41)42-2)38(28(40)32(35,36)37)23-6-3-5-22(33)16-23/h3,5-6,14-17,19,27,39H,4,7-13,18H2,1-2H3/t19-,30?,31?/m1/s1. The molecule has 0 unspecified atom stereocenters. The number of alkyl halides is 3. The fraction of sp³-hybridized carbons (Fsp3) is 0.500. The molecule has 238 valence electrons. The summed E-state index contributed by atoms with van der Waals surface area (Å²) >= 11 is 6.12. The van der Waals surface area contributed by atoms with Gasteiger partial charge in [0.1, 0.15) is 11.4 Å². The number of carbonyl (C=O) groups excluding carboxylic acids is 2. The topological polar surface area (TPSA) is 85.3 Å². The number of amides is 1. The molecule has 1 N–H and O–H groups in total. The van der Waals surface area contributed by atoms with Gasteiger partial charge >= 0.3 is 18.1 Å². The lowest BCUT2D eigenvalue weighted by Crippen LogP contribution is -2.63. The highest BCUT2D eigenvalue weighted by atomic mass is 35.5. The number of halogens is 5. The number of hydrogen-bond acceptors (Lipinski definition) is 6. The Labute approximate surface area is 257 Å². The van der Waals surface area contributed by atoms with E-state index in [1.165, 1.54) is 30.3 Å². The van der Waals surface area contributed by atoms with E-state index < -0.39 is 41.1 Å². The van der Waals surface area contributed by atoms with Crippen molar-refractivity contribution in [3.05, 3.63) is 69.5 Å². The van der Waals surface area contributed by atoms with E-state index in [1.54, 1.807) is 6.07 Å². The third-order valence-electron chi connectivity index (χ3n) is 9.03. The number of ether oxygens (including phenoxy) is 3. The minimum Gasteiger partial charge on any atom is -0.467 e. The lowest BCUT2D eigenvalue weighted by atomic mass is 9.60. The fourth-order valence-electron chi connectivity index (χ4n) is 6.87. The van der Waals surface area contributed by atoms with E-state index in [0.717, 1.165) is 18.2 Å². The summed E-state index contributed by atoms with van der Waals surface area (Å²) in [5.74, 6) is -3.88. The van der Waals surface area contributed by atoms with Crippen molar-refractivity contribution in [3.8, 4) is 0 Å². The number of esters is 1. The highest BCUT2D eigenvalue weighted by molar-refractivity contribution is 6.31. The number of carbonyl (C=O) groups is 2. The molecule has 1 saturated carbocycles. The first-order valence-corrected chi connectivity index (χ1v) is 14.9. The molecule has 1 aliphatic heterocycles. The summed E-state index contributed by atoms with van der Waals surface area (Å²) in [7, 11) is 1.07. The van der Waals surface area contributed by atoms with Crippen LogP contribution in [0.25, 0.3) is 6.08 Å². The van der Waals surface area contributed by atoms with Gasteiger partial charge in [-0.2, -0.15) is 13.2 Å². The Morgan fingerprint density at radius 3 is 2.41 bits per heavy atom. The number of aliphatic hydroxyl groups excluding tert-OH is 1. The minimum absolute atomic E-state index is 0.0874. The molecule has 2 fully saturated rings. The van der Waals surface area contributed by atoms with Crippen molar-refractivity contribution in [1.29, 1.82) is 0 Å². The maximum absolute atomic E-state index is 15.4. The van der Waals surface area contributed by atoms with Crippen LogP contribution in [-0.4, -0.2) is 55.6 Å². The van der Waals surface area contributed by atoms with Gasteiger partial charge in [-0.25, -0.2) is 9.18 Å². The average molecular weight is 640 g/mol. The lowest BCUT2D eigenvalue weighted by Gasteiger charge is -2.50. The van der Waals surface area contributed by atoms with Gasteiger partial charge in [-0.3, -0.25) is 9.69 Å². The van der Waals surface area contributed by atoms with Gasteiger partial charge in [0.25, 0.3) is 0 Å². The van der Waals surface area contributed by atoms with E-state index in [0.29, 0.717) is 36.5 Å². The number of methoxy groups -OCH3 is 1. The van der Waals surface area contributed by atoms with Crippen LogP contribution in [0.3, 0.4) is 0 Å². The highest BCUT2D eigenvalue weighted by Gasteiger charge is 2.59. The number of nitrogens with zero attached hydrogens (tertiary/aromatic N) is 1. The second kappa shape index (κ2) is 12.4. The highest BCUT2D eigenvalue weighted by Crippen LogP contribution is 2.57. The van der Waals surface area contributed by atoms with Crippen LogP contribution in [0, 0.1) is 11.7 Å². The summed E-state index contributed by atoms with van der Waals surface area (Å²) in [6.45, 7) is 2.55. The first kappa shape index (κ1) is 32.4. The van der Waals surface area contributed by atoms with Crippen LogP contribution in [0.5, 0.6) is 0 Å². The van der Waals surface area contributed by atoms with Crippen molar-refractivity contribution >= 4 is 35.2 Å². The summed E-state index contributed by atoms with van der Waals surface area (Å²) in [5.41, 5.74) is -0.585. The molecule has 0 aromatic heterocycles. The number of allylic oxidation sites excluding steroid dienone is 1. The second-order valence-corrected chi connectivity index (χ2v) is 12.2. The van der Waals surface area contributed by atoms with E-state index in [9.17, 15) is 27.9 Å². The van der Waals surface area contributed by atoms with E-state index in [1.807, 2.05) is 13.0 Å². The maximum atomic E-state index is 15.4. The Morgan fingerprint density at radius 1 is 1.14 bits per heavy atom. The number of rotatable bonds is 7. The zero-order valence-corrected chi connectivity index (χ0v) is 25.1. The van der Waals surface area contributed by atoms with Crippen LogP contribution >= 0.6 is 11.6 Å². The SMILES string of the molecule is COC(=O)C1(N(C(=O)C(F)(F)F)c2cccc(Cl)c2)CCC2(CC1)C(C[C@@H](C)CO)=Cc1cc(F)c(C3OCCCO3)cc12. The van der Waals surface area contributed by atoms with Crippen molar-refractivity contribution in [2.75, 3.05) is 31.8 Å². The van der Waals surface area contributed by atoms with E-state index in [2.05, 4.69) is 0 Å². The Kier molecular flexibility index (Phi) is 9.15. The number of benzene rings is 2. The largest absolute Gasteiger partial charge is 0.471 e. The summed E-state index contributed by atoms with van der Waals surface area (Å²) in [6.07, 6.45) is -3.35. The molecule has 1 atom stereocenters. The van der Waals surface area contributed by atoms with Gasteiger partial charge < -0.3 is 19.3 Å². The van der Waals surface area contributed by atoms with Gasteiger partial charge in [0.15, 0.2) is 6.29 Å². The molecular formula is C32H34ClF4NO6. The minimum atomic E-state index is -5.30. The monoisotopic (exact) mass is 639 g/mol. The summed E-state index contributed by atoms with van der Waals surface area (Å²) in [5, 5.41) is 9.95. The number of hydrogen-bond donors (Lipinski definition) is 1. The fourth-order valence-corrected chi connectivity index (χ4v) is 7.06. The quantitative estimate of drug-likeness (QED) is 0.270. The summed E-state index contributed by atoms with van der Waals surface area (Å²) < 4.78 is 74.1. The maximum Gasteiger partial charge on any atom is 0.471 e. The van der Waals surface area contributed by atoms with E-state index >= 15 is 4.39 Å². The smallest absolute Gasteiger partial charge is 0.467 e. The van der Waals surface area contributed by atoms with Crippen molar-refractivity contribution in [2.45, 2.75) is 68.9 Å². The van der Waals surface area contributed by atoms with Crippen molar-refractivity contribution in [2.24, 2.45) is 5.92 Å². The second-order valence-electron chi connectivity index (χ2n) is 11.8. The molecule has 0 radical (unpaired) electrons. The molecule has 1 heterocycles. The molecule has 2 aliphatic carbocycles. The van der Waals surface area contributed by atoms with Gasteiger partial charge in [0, 0.05) is 28.3 Å². The van der Waals surface area contributed by atoms with Crippen LogP contribution in [0.1, 0.15) is 68.4 Å². The summed E-state index contributed by atoms with van der Waals surface area (Å²) in [6, 6.07) is 8.45. The zero-order chi connectivity index (χ0) is 31.9. The molecule has 1 saturated heterocycles. The molecule has 7 nitrogen and oxygen atoms in total. The summed E-state index contributed by atoms with van der Waals surface area (Å²) in [4.78, 5) is 27.1. The third kappa shape index (κ3) is 5.75. The molecule has 2 aromatic carbocycles. The van der Waals surface area contributed by atoms with Gasteiger partial charge in [-0.1, -0.05) is 36.2 Å². The molecule has 44 heavy (non-hydrogen) atoms. The van der Waals surface area contributed by atoms with E-state index in [4.69, 9.17) is 25.8 Å². The van der Waals surface area contributed by atoms with Crippen LogP contribution < -0.4 is 4.90 Å². The lowest BCUT2D eigenvalue weighted by molar-refractivity contribution is -0.184. The van der Waals surface area contributed by atoms with Crippen molar-refractivity contribution < 1.29 is 46.5 Å². The third-order valence-corrected chi connectivity index (χ3v) is 9.26. The number of anilines is 1. The molecule has 5 rings (SSSR count). The van der Waals surface area contributed by atoms with Crippen LogP contribution in [0.15, 0.2) is 42.0 Å².